The average Bonchev–Trinajstić information content (AvgIpc) is 2.36. The first-order chi connectivity index (χ1) is 9.38. The van der Waals surface area contributed by atoms with Gasteiger partial charge in [-0.3, -0.25) is 9.59 Å². The highest BCUT2D eigenvalue weighted by atomic mass is 19.1. The van der Waals surface area contributed by atoms with Gasteiger partial charge in [0.2, 0.25) is 11.8 Å². The molecule has 1 aromatic rings. The minimum Gasteiger partial charge on any atom is -0.339 e. The molecule has 1 aliphatic rings. The molecular formula is C14H16F2N2O2. The maximum atomic E-state index is 13.3. The van der Waals surface area contributed by atoms with Crippen molar-refractivity contribution in [3.8, 4) is 0 Å². The summed E-state index contributed by atoms with van der Waals surface area (Å²) in [6.07, 6.45) is 0. The Hall–Kier alpha value is -1.98. The van der Waals surface area contributed by atoms with E-state index in [-0.39, 0.29) is 18.4 Å². The first-order valence-corrected chi connectivity index (χ1v) is 6.37. The highest BCUT2D eigenvalue weighted by Gasteiger charge is 2.31. The molecule has 20 heavy (non-hydrogen) atoms. The summed E-state index contributed by atoms with van der Waals surface area (Å²) in [5.41, 5.74) is 0.364. The summed E-state index contributed by atoms with van der Waals surface area (Å²) in [4.78, 5) is 26.2. The van der Waals surface area contributed by atoms with E-state index in [9.17, 15) is 18.4 Å². The number of carbonyl (C=O) groups excluding carboxylic acids is 2. The van der Waals surface area contributed by atoms with E-state index in [0.29, 0.717) is 18.7 Å². The van der Waals surface area contributed by atoms with E-state index in [4.69, 9.17) is 0 Å². The van der Waals surface area contributed by atoms with Crippen LogP contribution >= 0.6 is 0 Å². The molecule has 0 radical (unpaired) electrons. The molecule has 1 fully saturated rings. The van der Waals surface area contributed by atoms with E-state index in [0.717, 1.165) is 6.07 Å². The molecule has 1 unspecified atom stereocenters. The standard InChI is InChI=1S/C14H16F2N2O2/c1-9(19)17-3-4-18(10(2)20)14(8-17)11-5-12(15)7-13(16)6-11/h5-7,14H,3-4,8H2,1-2H3. The van der Waals surface area contributed by atoms with Crippen molar-refractivity contribution in [2.75, 3.05) is 19.6 Å². The molecule has 4 nitrogen and oxygen atoms in total. The van der Waals surface area contributed by atoms with Crippen molar-refractivity contribution < 1.29 is 18.4 Å². The van der Waals surface area contributed by atoms with Crippen LogP contribution in [0.4, 0.5) is 8.78 Å². The Morgan fingerprint density at radius 3 is 2.15 bits per heavy atom. The third-order valence-electron chi connectivity index (χ3n) is 3.50. The fourth-order valence-electron chi connectivity index (χ4n) is 2.50. The number of carbonyl (C=O) groups is 2. The van der Waals surface area contributed by atoms with Gasteiger partial charge in [-0.05, 0) is 17.7 Å². The number of hydrogen-bond donors (Lipinski definition) is 0. The van der Waals surface area contributed by atoms with Crippen molar-refractivity contribution in [2.24, 2.45) is 0 Å². The summed E-state index contributed by atoms with van der Waals surface area (Å²) in [6.45, 7) is 3.89. The fourth-order valence-corrected chi connectivity index (χ4v) is 2.50. The highest BCUT2D eigenvalue weighted by molar-refractivity contribution is 5.76. The molecule has 2 rings (SSSR count). The zero-order valence-electron chi connectivity index (χ0n) is 11.4. The predicted octanol–water partition coefficient (Wildman–Crippen LogP) is 1.72. The summed E-state index contributed by atoms with van der Waals surface area (Å²) in [5, 5.41) is 0. The molecule has 0 saturated carbocycles. The molecule has 6 heteroatoms. The third kappa shape index (κ3) is 2.95. The van der Waals surface area contributed by atoms with Crippen LogP contribution in [0.1, 0.15) is 25.5 Å². The van der Waals surface area contributed by atoms with Gasteiger partial charge in [-0.1, -0.05) is 0 Å². The zero-order chi connectivity index (χ0) is 14.9. The molecule has 108 valence electrons. The van der Waals surface area contributed by atoms with Crippen LogP contribution in [0.25, 0.3) is 0 Å². The highest BCUT2D eigenvalue weighted by Crippen LogP contribution is 2.27. The molecule has 1 atom stereocenters. The van der Waals surface area contributed by atoms with Crippen LogP contribution in [0.5, 0.6) is 0 Å². The second-order valence-electron chi connectivity index (χ2n) is 4.90. The van der Waals surface area contributed by atoms with Crippen molar-refractivity contribution in [3.05, 3.63) is 35.4 Å². The number of piperazine rings is 1. The Balaban J connectivity index is 2.35. The lowest BCUT2D eigenvalue weighted by molar-refractivity contribution is -0.140. The Morgan fingerprint density at radius 1 is 1.05 bits per heavy atom. The van der Waals surface area contributed by atoms with E-state index in [1.807, 2.05) is 0 Å². The van der Waals surface area contributed by atoms with Crippen LogP contribution in [0.2, 0.25) is 0 Å². The molecule has 1 heterocycles. The first kappa shape index (κ1) is 14.4. The molecule has 0 spiro atoms. The molecule has 0 aliphatic carbocycles. The topological polar surface area (TPSA) is 40.6 Å². The van der Waals surface area contributed by atoms with Gasteiger partial charge in [-0.25, -0.2) is 8.78 Å². The summed E-state index contributed by atoms with van der Waals surface area (Å²) < 4.78 is 26.7. The quantitative estimate of drug-likeness (QED) is 0.787. The lowest BCUT2D eigenvalue weighted by Gasteiger charge is -2.41. The summed E-state index contributed by atoms with van der Waals surface area (Å²) >= 11 is 0. The molecule has 0 aromatic heterocycles. The number of hydrogen-bond acceptors (Lipinski definition) is 2. The Morgan fingerprint density at radius 2 is 1.65 bits per heavy atom. The number of halogens is 2. The Kier molecular flexibility index (Phi) is 4.01. The SMILES string of the molecule is CC(=O)N1CCN(C(C)=O)C(c2cc(F)cc(F)c2)C1. The monoisotopic (exact) mass is 282 g/mol. The predicted molar refractivity (Wildman–Crippen MR) is 68.7 cm³/mol. The van der Waals surface area contributed by atoms with Gasteiger partial charge >= 0.3 is 0 Å². The lowest BCUT2D eigenvalue weighted by atomic mass is 10.0. The second-order valence-corrected chi connectivity index (χ2v) is 4.90. The molecule has 0 N–H and O–H groups in total. The van der Waals surface area contributed by atoms with E-state index >= 15 is 0 Å². The maximum absolute atomic E-state index is 13.3. The maximum Gasteiger partial charge on any atom is 0.220 e. The lowest BCUT2D eigenvalue weighted by Crippen LogP contribution is -2.51. The number of benzene rings is 1. The molecule has 1 saturated heterocycles. The summed E-state index contributed by atoms with van der Waals surface area (Å²) in [5.74, 6) is -1.68. The molecular weight excluding hydrogens is 266 g/mol. The first-order valence-electron chi connectivity index (χ1n) is 6.37. The smallest absolute Gasteiger partial charge is 0.220 e. The van der Waals surface area contributed by atoms with Gasteiger partial charge in [0.05, 0.1) is 6.04 Å². The van der Waals surface area contributed by atoms with Crippen molar-refractivity contribution >= 4 is 11.8 Å². The van der Waals surface area contributed by atoms with Crippen LogP contribution in [0.3, 0.4) is 0 Å². The van der Waals surface area contributed by atoms with Crippen molar-refractivity contribution in [3.63, 3.8) is 0 Å². The summed E-state index contributed by atoms with van der Waals surface area (Å²) in [7, 11) is 0. The van der Waals surface area contributed by atoms with Gasteiger partial charge in [0.1, 0.15) is 11.6 Å². The van der Waals surface area contributed by atoms with E-state index < -0.39 is 17.7 Å². The molecule has 1 aliphatic heterocycles. The minimum absolute atomic E-state index is 0.116. The van der Waals surface area contributed by atoms with E-state index in [2.05, 4.69) is 0 Å². The van der Waals surface area contributed by atoms with Gasteiger partial charge in [-0.15, -0.1) is 0 Å². The van der Waals surface area contributed by atoms with Crippen LogP contribution in [0, 0.1) is 11.6 Å². The van der Waals surface area contributed by atoms with Crippen LogP contribution < -0.4 is 0 Å². The Bertz CT molecular complexity index is 528. The van der Waals surface area contributed by atoms with Crippen molar-refractivity contribution in [1.82, 2.24) is 9.80 Å². The zero-order valence-corrected chi connectivity index (χ0v) is 11.4. The van der Waals surface area contributed by atoms with Crippen LogP contribution in [-0.2, 0) is 9.59 Å². The van der Waals surface area contributed by atoms with Crippen molar-refractivity contribution in [1.29, 1.82) is 0 Å². The Labute approximate surface area is 116 Å². The normalized spacial score (nSPS) is 19.1. The van der Waals surface area contributed by atoms with Gasteiger partial charge < -0.3 is 9.80 Å². The van der Waals surface area contributed by atoms with Crippen molar-refractivity contribution in [2.45, 2.75) is 19.9 Å². The third-order valence-corrected chi connectivity index (χ3v) is 3.50. The molecule has 2 amide bonds. The van der Waals surface area contributed by atoms with Gasteiger partial charge in [0.15, 0.2) is 0 Å². The number of nitrogens with zero attached hydrogens (tertiary/aromatic N) is 2. The van der Waals surface area contributed by atoms with Gasteiger partial charge in [-0.2, -0.15) is 0 Å². The number of amides is 2. The second kappa shape index (κ2) is 5.56. The van der Waals surface area contributed by atoms with Crippen LogP contribution in [-0.4, -0.2) is 41.2 Å². The van der Waals surface area contributed by atoms with Gasteiger partial charge in [0.25, 0.3) is 0 Å². The van der Waals surface area contributed by atoms with Crippen LogP contribution in [0.15, 0.2) is 18.2 Å². The fraction of sp³-hybridized carbons (Fsp3) is 0.429. The minimum atomic E-state index is -0.691. The largest absolute Gasteiger partial charge is 0.339 e. The average molecular weight is 282 g/mol. The van der Waals surface area contributed by atoms with Gasteiger partial charge in [0, 0.05) is 39.5 Å². The number of rotatable bonds is 1. The van der Waals surface area contributed by atoms with E-state index in [1.165, 1.54) is 30.9 Å². The molecule has 1 aromatic carbocycles. The summed E-state index contributed by atoms with van der Waals surface area (Å²) in [6, 6.07) is 2.67. The molecule has 0 bridgehead atoms. The van der Waals surface area contributed by atoms with E-state index in [1.54, 1.807) is 4.90 Å².